The van der Waals surface area contributed by atoms with E-state index in [9.17, 15) is 9.59 Å². The summed E-state index contributed by atoms with van der Waals surface area (Å²) in [6, 6.07) is 10.8. The smallest absolute Gasteiger partial charge is 0.239 e. The van der Waals surface area contributed by atoms with Crippen molar-refractivity contribution in [2.45, 2.75) is 53.0 Å². The number of aryl methyl sites for hydroxylation is 4. The highest BCUT2D eigenvalue weighted by Gasteiger charge is 2.40. The van der Waals surface area contributed by atoms with Crippen molar-refractivity contribution in [1.29, 1.82) is 0 Å². The first-order valence-corrected chi connectivity index (χ1v) is 10.7. The Morgan fingerprint density at radius 3 is 2.14 bits per heavy atom. The van der Waals surface area contributed by atoms with Crippen LogP contribution in [-0.2, 0) is 9.59 Å². The molecule has 0 N–H and O–H groups in total. The molecule has 2 aromatic rings. The summed E-state index contributed by atoms with van der Waals surface area (Å²) in [6.45, 7) is 10.5. The van der Waals surface area contributed by atoms with Crippen molar-refractivity contribution in [2.24, 2.45) is 5.92 Å². The lowest BCUT2D eigenvalue weighted by Gasteiger charge is -2.35. The van der Waals surface area contributed by atoms with E-state index in [2.05, 4.69) is 44.4 Å². The van der Waals surface area contributed by atoms with Crippen LogP contribution in [0.4, 0.5) is 5.69 Å². The predicted octanol–water partition coefficient (Wildman–Crippen LogP) is 3.94. The van der Waals surface area contributed by atoms with E-state index in [4.69, 9.17) is 0 Å². The molecular weight excluding hydrogens is 362 g/mol. The van der Waals surface area contributed by atoms with E-state index in [-0.39, 0.29) is 11.8 Å². The zero-order valence-corrected chi connectivity index (χ0v) is 17.9. The average molecular weight is 394 g/mol. The van der Waals surface area contributed by atoms with E-state index in [1.54, 1.807) is 4.90 Å². The average Bonchev–Trinajstić information content (AvgIpc) is 3.25. The largest absolute Gasteiger partial charge is 0.346 e. The first-order valence-electron chi connectivity index (χ1n) is 10.7. The van der Waals surface area contributed by atoms with Crippen LogP contribution in [-0.4, -0.2) is 40.9 Å². The topological polar surface area (TPSA) is 45.6 Å². The number of carbonyl (C=O) groups is 2. The van der Waals surface area contributed by atoms with E-state index in [1.807, 2.05) is 23.1 Å². The SMILES string of the molecule is Cc1ccc(N2CC[C@H](C(=O)N3CCC(n4c(C)ccc4C)CC3)C2=O)cc1C. The van der Waals surface area contributed by atoms with E-state index >= 15 is 0 Å². The van der Waals surface area contributed by atoms with Crippen LogP contribution in [0, 0.1) is 33.6 Å². The van der Waals surface area contributed by atoms with Crippen molar-refractivity contribution in [1.82, 2.24) is 9.47 Å². The molecule has 2 amide bonds. The Labute approximate surface area is 173 Å². The third-order valence-corrected chi connectivity index (χ3v) is 6.77. The van der Waals surface area contributed by atoms with Crippen LogP contribution in [0.25, 0.3) is 0 Å². The quantitative estimate of drug-likeness (QED) is 0.742. The fourth-order valence-corrected chi connectivity index (χ4v) is 4.88. The van der Waals surface area contributed by atoms with E-state index < -0.39 is 5.92 Å². The van der Waals surface area contributed by atoms with Gasteiger partial charge in [0.2, 0.25) is 11.8 Å². The molecule has 1 aromatic heterocycles. The number of nitrogens with zero attached hydrogens (tertiary/aromatic N) is 3. The number of anilines is 1. The number of rotatable bonds is 3. The summed E-state index contributed by atoms with van der Waals surface area (Å²) in [7, 11) is 0. The molecule has 2 aliphatic heterocycles. The van der Waals surface area contributed by atoms with Gasteiger partial charge < -0.3 is 14.4 Å². The van der Waals surface area contributed by atoms with Gasteiger partial charge in [0.05, 0.1) is 0 Å². The number of hydrogen-bond donors (Lipinski definition) is 0. The summed E-state index contributed by atoms with van der Waals surface area (Å²) in [5.41, 5.74) is 5.85. The summed E-state index contributed by atoms with van der Waals surface area (Å²) in [6.07, 6.45) is 2.51. The number of benzene rings is 1. The Morgan fingerprint density at radius 2 is 1.52 bits per heavy atom. The monoisotopic (exact) mass is 393 g/mol. The second-order valence-corrected chi connectivity index (χ2v) is 8.64. The molecule has 154 valence electrons. The highest BCUT2D eigenvalue weighted by molar-refractivity contribution is 6.09. The van der Waals surface area contributed by atoms with Gasteiger partial charge in [0.1, 0.15) is 5.92 Å². The lowest BCUT2D eigenvalue weighted by atomic mass is 10.0. The molecule has 0 bridgehead atoms. The Kier molecular flexibility index (Phi) is 5.24. The highest BCUT2D eigenvalue weighted by Crippen LogP contribution is 2.31. The lowest BCUT2D eigenvalue weighted by Crippen LogP contribution is -2.44. The van der Waals surface area contributed by atoms with Crippen LogP contribution < -0.4 is 4.90 Å². The van der Waals surface area contributed by atoms with Crippen molar-refractivity contribution in [3.8, 4) is 0 Å². The molecule has 3 heterocycles. The van der Waals surface area contributed by atoms with Crippen molar-refractivity contribution >= 4 is 17.5 Å². The van der Waals surface area contributed by atoms with Crippen LogP contribution >= 0.6 is 0 Å². The highest BCUT2D eigenvalue weighted by atomic mass is 16.2. The van der Waals surface area contributed by atoms with Gasteiger partial charge in [-0.3, -0.25) is 9.59 Å². The summed E-state index contributed by atoms with van der Waals surface area (Å²) in [4.78, 5) is 29.8. The van der Waals surface area contributed by atoms with Crippen LogP contribution in [0.15, 0.2) is 30.3 Å². The molecule has 2 fully saturated rings. The third kappa shape index (κ3) is 3.59. The van der Waals surface area contributed by atoms with Gasteiger partial charge in [-0.2, -0.15) is 0 Å². The van der Waals surface area contributed by atoms with E-state index in [0.29, 0.717) is 19.0 Å². The molecule has 0 unspecified atom stereocenters. The zero-order chi connectivity index (χ0) is 20.7. The lowest BCUT2D eigenvalue weighted by molar-refractivity contribution is -0.140. The number of amides is 2. The fourth-order valence-electron chi connectivity index (χ4n) is 4.88. The van der Waals surface area contributed by atoms with Crippen molar-refractivity contribution < 1.29 is 9.59 Å². The zero-order valence-electron chi connectivity index (χ0n) is 17.9. The predicted molar refractivity (Wildman–Crippen MR) is 115 cm³/mol. The maximum absolute atomic E-state index is 13.1. The van der Waals surface area contributed by atoms with E-state index in [1.165, 1.54) is 22.5 Å². The van der Waals surface area contributed by atoms with Crippen LogP contribution in [0.2, 0.25) is 0 Å². The van der Waals surface area contributed by atoms with Crippen molar-refractivity contribution in [3.05, 3.63) is 52.8 Å². The minimum Gasteiger partial charge on any atom is -0.346 e. The molecule has 0 spiro atoms. The molecule has 1 atom stereocenters. The van der Waals surface area contributed by atoms with Crippen LogP contribution in [0.5, 0.6) is 0 Å². The van der Waals surface area contributed by atoms with Gasteiger partial charge in [0, 0.05) is 42.8 Å². The summed E-state index contributed by atoms with van der Waals surface area (Å²) >= 11 is 0. The molecule has 2 aliphatic rings. The molecule has 0 aliphatic carbocycles. The third-order valence-electron chi connectivity index (χ3n) is 6.77. The Balaban J connectivity index is 1.40. The van der Waals surface area contributed by atoms with Gasteiger partial charge in [-0.1, -0.05) is 6.07 Å². The van der Waals surface area contributed by atoms with Gasteiger partial charge in [0.15, 0.2) is 0 Å². The van der Waals surface area contributed by atoms with Crippen molar-refractivity contribution in [2.75, 3.05) is 24.5 Å². The normalized spacial score (nSPS) is 20.6. The molecule has 2 saturated heterocycles. The first-order chi connectivity index (χ1) is 13.9. The minimum atomic E-state index is -0.525. The molecule has 5 nitrogen and oxygen atoms in total. The summed E-state index contributed by atoms with van der Waals surface area (Å²) in [5, 5.41) is 0. The maximum atomic E-state index is 13.1. The van der Waals surface area contributed by atoms with Gasteiger partial charge in [-0.15, -0.1) is 0 Å². The number of likely N-dealkylation sites (tertiary alicyclic amines) is 1. The van der Waals surface area contributed by atoms with Gasteiger partial charge in [0.25, 0.3) is 0 Å². The number of aromatic nitrogens is 1. The van der Waals surface area contributed by atoms with E-state index in [0.717, 1.165) is 31.6 Å². The second kappa shape index (κ2) is 7.69. The standard InChI is InChI=1S/C24H31N3O2/c1-16-5-8-21(15-17(16)2)26-14-11-22(24(26)29)23(28)25-12-9-20(10-13-25)27-18(3)6-7-19(27)4/h5-8,15,20,22H,9-14H2,1-4H3/t22-/m1/s1. The first kappa shape index (κ1) is 19.7. The Morgan fingerprint density at radius 1 is 0.862 bits per heavy atom. The Bertz CT molecular complexity index is 918. The van der Waals surface area contributed by atoms with Crippen molar-refractivity contribution in [3.63, 3.8) is 0 Å². The minimum absolute atomic E-state index is 0.0146. The van der Waals surface area contributed by atoms with Gasteiger partial charge >= 0.3 is 0 Å². The molecule has 29 heavy (non-hydrogen) atoms. The summed E-state index contributed by atoms with van der Waals surface area (Å²) in [5.74, 6) is -0.554. The molecule has 4 rings (SSSR count). The Hall–Kier alpha value is -2.56. The molecule has 0 saturated carbocycles. The molecule has 5 heteroatoms. The van der Waals surface area contributed by atoms with Crippen LogP contribution in [0.3, 0.4) is 0 Å². The number of carbonyl (C=O) groups excluding carboxylic acids is 2. The van der Waals surface area contributed by atoms with Gasteiger partial charge in [-0.25, -0.2) is 0 Å². The molecule has 1 aromatic carbocycles. The number of hydrogen-bond acceptors (Lipinski definition) is 2. The molecular formula is C24H31N3O2. The summed E-state index contributed by atoms with van der Waals surface area (Å²) < 4.78 is 2.39. The molecule has 0 radical (unpaired) electrons. The van der Waals surface area contributed by atoms with Gasteiger partial charge in [-0.05, 0) is 82.3 Å². The number of piperidine rings is 1. The second-order valence-electron chi connectivity index (χ2n) is 8.64. The van der Waals surface area contributed by atoms with Crippen LogP contribution in [0.1, 0.15) is 47.8 Å². The fraction of sp³-hybridized carbons (Fsp3) is 0.500. The maximum Gasteiger partial charge on any atom is 0.239 e.